The summed E-state index contributed by atoms with van der Waals surface area (Å²) in [7, 11) is -5.81. The second kappa shape index (κ2) is 7.28. The molecule has 0 fully saturated rings. The highest BCUT2D eigenvalue weighted by atomic mass is 35.5. The van der Waals surface area contributed by atoms with Gasteiger partial charge in [0.1, 0.15) is 5.69 Å². The average Bonchev–Trinajstić information content (AvgIpc) is 3.01. The van der Waals surface area contributed by atoms with E-state index in [1.54, 1.807) is 0 Å². The molecule has 1 heterocycles. The molecule has 26 heavy (non-hydrogen) atoms. The summed E-state index contributed by atoms with van der Waals surface area (Å²) < 4.78 is 81.4. The van der Waals surface area contributed by atoms with Crippen molar-refractivity contribution in [1.29, 1.82) is 0 Å². The van der Waals surface area contributed by atoms with Crippen LogP contribution < -0.4 is 0 Å². The number of benzene rings is 1. The van der Waals surface area contributed by atoms with Crippen LogP contribution >= 0.6 is 11.6 Å². The van der Waals surface area contributed by atoms with E-state index in [0.717, 1.165) is 0 Å². The molecule has 2 aromatic rings. The van der Waals surface area contributed by atoms with Crippen molar-refractivity contribution < 1.29 is 35.5 Å². The third-order valence-corrected chi connectivity index (χ3v) is 5.36. The first kappa shape index (κ1) is 20.2. The maximum atomic E-state index is 13.6. The van der Waals surface area contributed by atoms with Gasteiger partial charge in [-0.05, 0) is 30.7 Å². The van der Waals surface area contributed by atoms with E-state index < -0.39 is 43.8 Å². The summed E-state index contributed by atoms with van der Waals surface area (Å²) in [6, 6.07) is 5.78. The summed E-state index contributed by atoms with van der Waals surface area (Å²) in [6.07, 6.45) is -4.45. The third-order valence-electron chi connectivity index (χ3n) is 3.31. The Bertz CT molecular complexity index is 910. The Kier molecular flexibility index (Phi) is 5.67. The van der Waals surface area contributed by atoms with Crippen molar-refractivity contribution in [3.05, 3.63) is 41.0 Å². The summed E-state index contributed by atoms with van der Waals surface area (Å²) in [6.45, 7) is 1.41. The van der Waals surface area contributed by atoms with Crippen molar-refractivity contribution in [2.75, 3.05) is 6.61 Å². The first-order valence-electron chi connectivity index (χ1n) is 7.09. The minimum absolute atomic E-state index is 0.0496. The van der Waals surface area contributed by atoms with E-state index in [0.29, 0.717) is 6.07 Å². The summed E-state index contributed by atoms with van der Waals surface area (Å²) in [5, 5.41) is -5.07. The summed E-state index contributed by atoms with van der Waals surface area (Å²) >= 11 is 5.72. The average molecular weight is 414 g/mol. The number of esters is 1. The molecule has 0 saturated carbocycles. The molecule has 0 spiro atoms. The van der Waals surface area contributed by atoms with E-state index in [2.05, 4.69) is 9.72 Å². The number of halogens is 5. The molecule has 0 atom stereocenters. The molecule has 2 rings (SSSR count). The fraction of sp³-hybridized carbons (Fsp3) is 0.267. The number of carbonyl (C=O) groups excluding carboxylic acids is 1. The van der Waals surface area contributed by atoms with Crippen LogP contribution in [0, 0.1) is 0 Å². The monoisotopic (exact) mass is 413 g/mol. The first-order chi connectivity index (χ1) is 12.0. The highest BCUT2D eigenvalue weighted by Crippen LogP contribution is 2.39. The Labute approximate surface area is 150 Å². The van der Waals surface area contributed by atoms with Gasteiger partial charge in [-0.2, -0.15) is 8.78 Å². The number of aromatic amines is 1. The SMILES string of the molecule is CCOC(=O)c1cc(S(=O)(=O)C(F)(F)C(F)F)c(-c2ccc(Cl)cc2)[nH]1. The van der Waals surface area contributed by atoms with E-state index in [9.17, 15) is 30.8 Å². The molecule has 0 radical (unpaired) electrons. The lowest BCUT2D eigenvalue weighted by Crippen LogP contribution is -2.36. The number of ether oxygens (including phenoxy) is 1. The number of H-pyrrole nitrogens is 1. The predicted molar refractivity (Wildman–Crippen MR) is 85.3 cm³/mol. The molecule has 1 aromatic carbocycles. The van der Waals surface area contributed by atoms with Crippen LogP contribution in [0.1, 0.15) is 17.4 Å². The predicted octanol–water partition coefficient (Wildman–Crippen LogP) is 4.14. The van der Waals surface area contributed by atoms with Crippen molar-refractivity contribution in [2.45, 2.75) is 23.5 Å². The van der Waals surface area contributed by atoms with Gasteiger partial charge in [0.25, 0.3) is 9.84 Å². The van der Waals surface area contributed by atoms with Gasteiger partial charge in [-0.3, -0.25) is 0 Å². The van der Waals surface area contributed by atoms with Crippen LogP contribution in [-0.4, -0.2) is 37.7 Å². The molecule has 142 valence electrons. The molecular formula is C15H12ClF4NO4S. The number of sulfone groups is 1. The topological polar surface area (TPSA) is 76.2 Å². The summed E-state index contributed by atoms with van der Waals surface area (Å²) in [4.78, 5) is 13.0. The molecule has 11 heteroatoms. The fourth-order valence-corrected chi connectivity index (χ4v) is 3.43. The summed E-state index contributed by atoms with van der Waals surface area (Å²) in [5.74, 6) is -1.02. The maximum Gasteiger partial charge on any atom is 0.408 e. The number of alkyl halides is 4. The largest absolute Gasteiger partial charge is 0.461 e. The van der Waals surface area contributed by atoms with Gasteiger partial charge in [0.2, 0.25) is 0 Å². The van der Waals surface area contributed by atoms with Crippen LogP contribution in [0.15, 0.2) is 35.2 Å². The number of carbonyl (C=O) groups is 1. The van der Waals surface area contributed by atoms with Gasteiger partial charge < -0.3 is 9.72 Å². The third kappa shape index (κ3) is 3.56. The normalized spacial score (nSPS) is 12.4. The van der Waals surface area contributed by atoms with Gasteiger partial charge in [-0.25, -0.2) is 22.0 Å². The van der Waals surface area contributed by atoms with E-state index >= 15 is 0 Å². The zero-order chi connectivity index (χ0) is 19.7. The molecule has 0 aliphatic rings. The molecule has 0 saturated heterocycles. The minimum Gasteiger partial charge on any atom is -0.461 e. The lowest BCUT2D eigenvalue weighted by molar-refractivity contribution is -0.0636. The second-order valence-corrected chi connectivity index (χ2v) is 7.44. The quantitative estimate of drug-likeness (QED) is 0.570. The molecule has 1 N–H and O–H groups in total. The van der Waals surface area contributed by atoms with Crippen LogP contribution in [0.4, 0.5) is 17.6 Å². The van der Waals surface area contributed by atoms with Crippen molar-refractivity contribution in [1.82, 2.24) is 4.98 Å². The highest BCUT2D eigenvalue weighted by Gasteiger charge is 2.56. The summed E-state index contributed by atoms with van der Waals surface area (Å²) in [5.41, 5.74) is -0.876. The Morgan fingerprint density at radius 2 is 1.85 bits per heavy atom. The van der Waals surface area contributed by atoms with Gasteiger partial charge in [-0.1, -0.05) is 23.7 Å². The number of hydrogen-bond acceptors (Lipinski definition) is 4. The molecule has 5 nitrogen and oxygen atoms in total. The van der Waals surface area contributed by atoms with Gasteiger partial charge >= 0.3 is 17.6 Å². The van der Waals surface area contributed by atoms with Gasteiger partial charge in [-0.15, -0.1) is 0 Å². The van der Waals surface area contributed by atoms with Gasteiger partial charge in [0, 0.05) is 5.02 Å². The van der Waals surface area contributed by atoms with Crippen LogP contribution in [0.25, 0.3) is 11.3 Å². The highest BCUT2D eigenvalue weighted by molar-refractivity contribution is 7.92. The molecule has 0 unspecified atom stereocenters. The standard InChI is InChI=1S/C15H12ClF4NO4S/c1-2-25-13(22)10-7-11(26(23,24)15(19,20)14(17)18)12(21-10)8-3-5-9(16)6-4-8/h3-7,14,21H,2H2,1H3. The molecule has 1 aromatic heterocycles. The fourth-order valence-electron chi connectivity index (χ4n) is 2.06. The van der Waals surface area contributed by atoms with Crippen molar-refractivity contribution in [3.63, 3.8) is 0 Å². The van der Waals surface area contributed by atoms with Crippen molar-refractivity contribution in [2.24, 2.45) is 0 Å². The van der Waals surface area contributed by atoms with Crippen LogP contribution in [0.5, 0.6) is 0 Å². The lowest BCUT2D eigenvalue weighted by Gasteiger charge is -2.16. The number of aromatic nitrogens is 1. The molecule has 0 bridgehead atoms. The van der Waals surface area contributed by atoms with E-state index in [-0.39, 0.29) is 17.2 Å². The Hall–Kier alpha value is -2.07. The van der Waals surface area contributed by atoms with Crippen LogP contribution in [0.3, 0.4) is 0 Å². The Morgan fingerprint density at radius 3 is 2.35 bits per heavy atom. The van der Waals surface area contributed by atoms with Gasteiger partial charge in [0.15, 0.2) is 0 Å². The van der Waals surface area contributed by atoms with Crippen LogP contribution in [-0.2, 0) is 14.6 Å². The number of nitrogens with one attached hydrogen (secondary N) is 1. The maximum absolute atomic E-state index is 13.6. The van der Waals surface area contributed by atoms with E-state index in [4.69, 9.17) is 11.6 Å². The zero-order valence-electron chi connectivity index (χ0n) is 13.1. The lowest BCUT2D eigenvalue weighted by atomic mass is 10.2. The smallest absolute Gasteiger partial charge is 0.408 e. The zero-order valence-corrected chi connectivity index (χ0v) is 14.7. The Morgan fingerprint density at radius 1 is 1.27 bits per heavy atom. The van der Waals surface area contributed by atoms with Gasteiger partial charge in [0.05, 0.1) is 17.2 Å². The van der Waals surface area contributed by atoms with Crippen LogP contribution in [0.2, 0.25) is 5.02 Å². The Balaban J connectivity index is 2.71. The van der Waals surface area contributed by atoms with Crippen molar-refractivity contribution in [3.8, 4) is 11.3 Å². The molecule has 0 amide bonds. The molecular weight excluding hydrogens is 402 g/mol. The number of rotatable bonds is 6. The van der Waals surface area contributed by atoms with E-state index in [1.807, 2.05) is 0 Å². The number of hydrogen-bond donors (Lipinski definition) is 1. The second-order valence-electron chi connectivity index (χ2n) is 5.02. The molecule has 0 aliphatic heterocycles. The first-order valence-corrected chi connectivity index (χ1v) is 8.95. The van der Waals surface area contributed by atoms with E-state index in [1.165, 1.54) is 31.2 Å². The minimum atomic E-state index is -5.81. The van der Waals surface area contributed by atoms with Crippen molar-refractivity contribution >= 4 is 27.4 Å². The molecule has 0 aliphatic carbocycles.